The zero-order chi connectivity index (χ0) is 27.6. The SMILES string of the molecule is CCC[C@@H](c1nc2cc(CN3CCC(c4ccccc4)(N(C)C)CC3)ccc2n1CC)N1C[C@@H](C)N[C@@H](C)C1. The van der Waals surface area contributed by atoms with Crippen LogP contribution in [0.2, 0.25) is 0 Å². The van der Waals surface area contributed by atoms with Gasteiger partial charge in [-0.2, -0.15) is 0 Å². The Labute approximate surface area is 236 Å². The van der Waals surface area contributed by atoms with Crippen LogP contribution in [0.4, 0.5) is 0 Å². The van der Waals surface area contributed by atoms with Crippen LogP contribution in [0, 0.1) is 0 Å². The predicted molar refractivity (Wildman–Crippen MR) is 163 cm³/mol. The molecule has 6 nitrogen and oxygen atoms in total. The quantitative estimate of drug-likeness (QED) is 0.388. The fourth-order valence-corrected chi connectivity index (χ4v) is 7.33. The highest BCUT2D eigenvalue weighted by Gasteiger charge is 2.38. The zero-order valence-electron chi connectivity index (χ0n) is 25.2. The van der Waals surface area contributed by atoms with Gasteiger partial charge >= 0.3 is 0 Å². The summed E-state index contributed by atoms with van der Waals surface area (Å²) in [7, 11) is 4.48. The number of fused-ring (bicyclic) bond motifs is 1. The fraction of sp³-hybridized carbons (Fsp3) is 0.606. The summed E-state index contributed by atoms with van der Waals surface area (Å²) in [6, 6.07) is 19.5. The molecule has 0 bridgehead atoms. The van der Waals surface area contributed by atoms with Crippen molar-refractivity contribution in [3.8, 4) is 0 Å². The van der Waals surface area contributed by atoms with Gasteiger partial charge in [0.1, 0.15) is 5.82 Å². The number of nitrogens with one attached hydrogen (secondary N) is 1. The second kappa shape index (κ2) is 12.1. The summed E-state index contributed by atoms with van der Waals surface area (Å²) in [4.78, 5) is 13.1. The second-order valence-corrected chi connectivity index (χ2v) is 12.3. The Kier molecular flexibility index (Phi) is 8.77. The lowest BCUT2D eigenvalue weighted by atomic mass is 9.79. The Morgan fingerprint density at radius 1 is 1.00 bits per heavy atom. The smallest absolute Gasteiger partial charge is 0.127 e. The number of rotatable bonds is 9. The van der Waals surface area contributed by atoms with Gasteiger partial charge in [0.25, 0.3) is 0 Å². The molecule has 0 radical (unpaired) electrons. The van der Waals surface area contributed by atoms with E-state index in [1.165, 1.54) is 28.9 Å². The van der Waals surface area contributed by atoms with Gasteiger partial charge in [0.05, 0.1) is 17.1 Å². The molecule has 0 amide bonds. The zero-order valence-corrected chi connectivity index (χ0v) is 25.2. The summed E-state index contributed by atoms with van der Waals surface area (Å²) >= 11 is 0. The molecule has 3 heterocycles. The van der Waals surface area contributed by atoms with Crippen molar-refractivity contribution in [3.63, 3.8) is 0 Å². The maximum absolute atomic E-state index is 5.34. The molecule has 6 heteroatoms. The van der Waals surface area contributed by atoms with Crippen LogP contribution >= 0.6 is 0 Å². The normalized spacial score (nSPS) is 23.5. The number of nitrogens with zero attached hydrogens (tertiary/aromatic N) is 5. The first-order valence-corrected chi connectivity index (χ1v) is 15.3. The molecule has 2 aliphatic rings. The van der Waals surface area contributed by atoms with E-state index in [0.717, 1.165) is 64.0 Å². The summed E-state index contributed by atoms with van der Waals surface area (Å²) in [5, 5.41) is 3.70. The number of piperazine rings is 1. The minimum Gasteiger partial charge on any atom is -0.327 e. The van der Waals surface area contributed by atoms with Gasteiger partial charge < -0.3 is 9.88 Å². The third-order valence-electron chi connectivity index (χ3n) is 9.30. The van der Waals surface area contributed by atoms with Crippen molar-refractivity contribution in [2.45, 2.75) is 90.1 Å². The van der Waals surface area contributed by atoms with Gasteiger partial charge in [-0.3, -0.25) is 14.7 Å². The van der Waals surface area contributed by atoms with Crippen molar-refractivity contribution in [2.24, 2.45) is 0 Å². The average Bonchev–Trinajstić information content (AvgIpc) is 3.29. The molecule has 39 heavy (non-hydrogen) atoms. The molecule has 2 saturated heterocycles. The van der Waals surface area contributed by atoms with Crippen LogP contribution in [-0.2, 0) is 18.6 Å². The minimum atomic E-state index is 0.129. The Balaban J connectivity index is 1.35. The molecule has 3 atom stereocenters. The first-order valence-electron chi connectivity index (χ1n) is 15.3. The Morgan fingerprint density at radius 3 is 2.31 bits per heavy atom. The third-order valence-corrected chi connectivity index (χ3v) is 9.30. The average molecular weight is 531 g/mol. The highest BCUT2D eigenvalue weighted by Crippen LogP contribution is 2.38. The lowest BCUT2D eigenvalue weighted by Crippen LogP contribution is -2.55. The van der Waals surface area contributed by atoms with E-state index in [9.17, 15) is 0 Å². The number of aromatic nitrogens is 2. The van der Waals surface area contributed by atoms with Gasteiger partial charge in [0, 0.05) is 56.9 Å². The van der Waals surface area contributed by atoms with Crippen molar-refractivity contribution < 1.29 is 0 Å². The largest absolute Gasteiger partial charge is 0.327 e. The van der Waals surface area contributed by atoms with Crippen LogP contribution in [0.3, 0.4) is 0 Å². The highest BCUT2D eigenvalue weighted by atomic mass is 15.3. The van der Waals surface area contributed by atoms with Gasteiger partial charge in [-0.05, 0) is 77.4 Å². The monoisotopic (exact) mass is 530 g/mol. The molecular weight excluding hydrogens is 480 g/mol. The Morgan fingerprint density at radius 2 is 1.69 bits per heavy atom. The number of imidazole rings is 1. The molecule has 212 valence electrons. The van der Waals surface area contributed by atoms with E-state index in [1.54, 1.807) is 0 Å². The third kappa shape index (κ3) is 5.81. The molecule has 3 aromatic rings. The number of hydrogen-bond acceptors (Lipinski definition) is 5. The van der Waals surface area contributed by atoms with E-state index in [0.29, 0.717) is 18.1 Å². The number of benzene rings is 2. The van der Waals surface area contributed by atoms with Crippen LogP contribution < -0.4 is 5.32 Å². The highest BCUT2D eigenvalue weighted by molar-refractivity contribution is 5.77. The van der Waals surface area contributed by atoms with Crippen LogP contribution in [0.1, 0.15) is 76.4 Å². The standard InChI is InChI=1S/C33H50N6/c1-7-12-31(38-22-25(3)34-26(4)23-38)32-35-29-21-27(15-16-30(29)39(32)8-2)24-37-19-17-33(18-20-37,36(5)6)28-13-10-9-11-14-28/h9-11,13-16,21,25-26,31,34H,7-8,12,17-20,22-24H2,1-6H3/t25-,26+,31-/m0/s1. The van der Waals surface area contributed by atoms with Crippen LogP contribution in [0.15, 0.2) is 48.5 Å². The predicted octanol–water partition coefficient (Wildman–Crippen LogP) is 5.63. The Bertz CT molecular complexity index is 1200. The molecule has 0 aliphatic carbocycles. The van der Waals surface area contributed by atoms with Crippen molar-refractivity contribution in [1.29, 1.82) is 0 Å². The van der Waals surface area contributed by atoms with Crippen LogP contribution in [-0.4, -0.2) is 76.6 Å². The summed E-state index contributed by atoms with van der Waals surface area (Å²) in [6.07, 6.45) is 4.63. The second-order valence-electron chi connectivity index (χ2n) is 12.3. The van der Waals surface area contributed by atoms with E-state index in [1.807, 2.05) is 0 Å². The van der Waals surface area contributed by atoms with Gasteiger partial charge in [-0.15, -0.1) is 0 Å². The summed E-state index contributed by atoms with van der Waals surface area (Å²) < 4.78 is 2.48. The molecule has 0 saturated carbocycles. The molecule has 0 spiro atoms. The van der Waals surface area contributed by atoms with E-state index in [4.69, 9.17) is 4.98 Å². The van der Waals surface area contributed by atoms with Crippen LogP contribution in [0.25, 0.3) is 11.0 Å². The first kappa shape index (κ1) is 28.3. The van der Waals surface area contributed by atoms with Gasteiger partial charge in [-0.25, -0.2) is 4.98 Å². The minimum absolute atomic E-state index is 0.129. The maximum atomic E-state index is 5.34. The van der Waals surface area contributed by atoms with Crippen molar-refractivity contribution in [3.05, 3.63) is 65.5 Å². The first-order chi connectivity index (χ1) is 18.8. The van der Waals surface area contributed by atoms with Gasteiger partial charge in [-0.1, -0.05) is 49.7 Å². The maximum Gasteiger partial charge on any atom is 0.127 e. The topological polar surface area (TPSA) is 39.6 Å². The van der Waals surface area contributed by atoms with Gasteiger partial charge in [0.2, 0.25) is 0 Å². The molecule has 1 N–H and O–H groups in total. The molecule has 2 fully saturated rings. The molecule has 2 aromatic carbocycles. The van der Waals surface area contributed by atoms with E-state index in [2.05, 4.69) is 115 Å². The number of likely N-dealkylation sites (tertiary alicyclic amines) is 1. The molecule has 5 rings (SSSR count). The number of piperidine rings is 1. The lowest BCUT2D eigenvalue weighted by molar-refractivity contribution is 0.0507. The van der Waals surface area contributed by atoms with Crippen LogP contribution in [0.5, 0.6) is 0 Å². The van der Waals surface area contributed by atoms with Crippen molar-refractivity contribution in [1.82, 2.24) is 29.6 Å². The molecular formula is C33H50N6. The molecule has 2 aliphatic heterocycles. The summed E-state index contributed by atoms with van der Waals surface area (Å²) in [5.41, 5.74) is 5.39. The molecule has 0 unspecified atom stereocenters. The van der Waals surface area contributed by atoms with Crippen molar-refractivity contribution >= 4 is 11.0 Å². The van der Waals surface area contributed by atoms with Crippen molar-refractivity contribution in [2.75, 3.05) is 40.3 Å². The summed E-state index contributed by atoms with van der Waals surface area (Å²) in [6.45, 7) is 15.5. The van der Waals surface area contributed by atoms with Gasteiger partial charge in [0.15, 0.2) is 0 Å². The van der Waals surface area contributed by atoms with E-state index >= 15 is 0 Å². The Hall–Kier alpha value is -2.25. The van der Waals surface area contributed by atoms with E-state index < -0.39 is 0 Å². The summed E-state index contributed by atoms with van der Waals surface area (Å²) in [5.74, 6) is 1.25. The number of hydrogen-bond donors (Lipinski definition) is 1. The number of aryl methyl sites for hydroxylation is 1. The lowest BCUT2D eigenvalue weighted by Gasteiger charge is -2.46. The van der Waals surface area contributed by atoms with E-state index in [-0.39, 0.29) is 5.54 Å². The fourth-order valence-electron chi connectivity index (χ4n) is 7.33. The molecule has 1 aromatic heterocycles.